The van der Waals surface area contributed by atoms with Crippen molar-refractivity contribution in [2.75, 3.05) is 11.6 Å². The Hall–Kier alpha value is -2.47. The van der Waals surface area contributed by atoms with Crippen molar-refractivity contribution in [3.63, 3.8) is 0 Å². The van der Waals surface area contributed by atoms with E-state index in [0.717, 1.165) is 84.9 Å². The van der Waals surface area contributed by atoms with Gasteiger partial charge in [0.2, 0.25) is 0 Å². The Labute approximate surface area is 283 Å². The molecule has 2 aliphatic heterocycles. The van der Waals surface area contributed by atoms with Crippen LogP contribution in [0.5, 0.6) is 0 Å². The zero-order valence-corrected chi connectivity index (χ0v) is 28.8. The minimum Gasteiger partial charge on any atom is -0.393 e. The van der Waals surface area contributed by atoms with Crippen LogP contribution in [0.15, 0.2) is 60.7 Å². The Morgan fingerprint density at radius 3 is 2.49 bits per heavy atom. The minimum atomic E-state index is -0.983. The maximum atomic E-state index is 16.2. The molecule has 1 N–H and O–H groups in total. The van der Waals surface area contributed by atoms with E-state index in [9.17, 15) is 5.11 Å². The van der Waals surface area contributed by atoms with Gasteiger partial charge >= 0.3 is 0 Å². The Morgan fingerprint density at radius 2 is 1.68 bits per heavy atom. The summed E-state index contributed by atoms with van der Waals surface area (Å²) >= 11 is 1.94. The van der Waals surface area contributed by atoms with Crippen molar-refractivity contribution in [1.29, 1.82) is 0 Å². The molecular formula is C42H47NO3S. The first-order valence-corrected chi connectivity index (χ1v) is 19.5. The van der Waals surface area contributed by atoms with E-state index in [4.69, 9.17) is 0 Å². The van der Waals surface area contributed by atoms with Crippen LogP contribution in [0.3, 0.4) is 0 Å². The van der Waals surface area contributed by atoms with E-state index < -0.39 is 16.4 Å². The molecule has 5 aliphatic carbocycles. The first-order chi connectivity index (χ1) is 22.7. The molecule has 0 unspecified atom stereocenters. The normalized spacial score (nSPS) is 45.1. The van der Waals surface area contributed by atoms with Gasteiger partial charge in [-0.05, 0) is 109 Å². The molecular weight excluding hydrogens is 599 g/mol. The lowest BCUT2D eigenvalue weighted by Gasteiger charge is -2.60. The second kappa shape index (κ2) is 9.61. The first-order valence-electron chi connectivity index (χ1n) is 18.4. The number of aryl methyl sites for hydroxylation is 1. The predicted molar refractivity (Wildman–Crippen MR) is 187 cm³/mol. The maximum absolute atomic E-state index is 16.2. The summed E-state index contributed by atoms with van der Waals surface area (Å²) in [5, 5.41) is 12.8. The molecule has 5 heteroatoms. The van der Waals surface area contributed by atoms with E-state index in [2.05, 4.69) is 74.2 Å². The van der Waals surface area contributed by atoms with E-state index in [1.165, 1.54) is 11.1 Å². The molecule has 0 aromatic heterocycles. The predicted octanol–water partition coefficient (Wildman–Crippen LogP) is 8.28. The number of benzene rings is 3. The molecule has 2 saturated heterocycles. The lowest BCUT2D eigenvalue weighted by Crippen LogP contribution is -2.58. The quantitative estimate of drug-likeness (QED) is 0.289. The van der Waals surface area contributed by atoms with Crippen LogP contribution >= 0.6 is 11.8 Å². The van der Waals surface area contributed by atoms with Gasteiger partial charge in [0.15, 0.2) is 5.78 Å². The van der Waals surface area contributed by atoms with Crippen molar-refractivity contribution >= 4 is 34.1 Å². The molecule has 4 saturated carbocycles. The van der Waals surface area contributed by atoms with Crippen molar-refractivity contribution < 1.29 is 14.7 Å². The third-order valence-electron chi connectivity index (χ3n) is 15.7. The number of hydrogen-bond donors (Lipinski definition) is 1. The van der Waals surface area contributed by atoms with Crippen LogP contribution in [0.1, 0.15) is 98.2 Å². The molecule has 3 aromatic carbocycles. The molecule has 2 heterocycles. The number of nitrogens with zero attached hydrogens (tertiary/aromatic N) is 1. The molecule has 47 heavy (non-hydrogen) atoms. The minimum absolute atomic E-state index is 0.0308. The number of thioether (sulfide) groups is 1. The van der Waals surface area contributed by atoms with Crippen molar-refractivity contribution in [3.8, 4) is 0 Å². The van der Waals surface area contributed by atoms with Gasteiger partial charge in [0, 0.05) is 34.6 Å². The summed E-state index contributed by atoms with van der Waals surface area (Å²) in [5.74, 6) is 4.19. The lowest BCUT2D eigenvalue weighted by atomic mass is 9.45. The summed E-state index contributed by atoms with van der Waals surface area (Å²) in [6.07, 6.45) is 7.91. The molecule has 0 radical (unpaired) electrons. The number of ketones is 2. The van der Waals surface area contributed by atoms with Crippen LogP contribution in [0.4, 0.5) is 0 Å². The summed E-state index contributed by atoms with van der Waals surface area (Å²) < 4.78 is 0. The highest BCUT2D eigenvalue weighted by Crippen LogP contribution is 2.78. The molecule has 0 bridgehead atoms. The third kappa shape index (κ3) is 3.31. The van der Waals surface area contributed by atoms with E-state index >= 15 is 9.59 Å². The van der Waals surface area contributed by atoms with E-state index in [1.807, 2.05) is 23.9 Å². The SMILES string of the molecule is Cc1ccc([C@H]2[C@@H]3CSCN3[C@@]3(C(=O)c4cccc5cccc3c45)[C@@]23C[C@H]2[C@@H]4CC[C@H]5C[C@@H](O)CC[C@]5(C)[C@H]4CC[C@]2(C)C3=O)cc1. The summed E-state index contributed by atoms with van der Waals surface area (Å²) in [6.45, 7) is 7.01. The Balaban J connectivity index is 1.21. The number of aliphatic hydroxyl groups is 1. The molecule has 0 amide bonds. The summed E-state index contributed by atoms with van der Waals surface area (Å²) in [4.78, 5) is 34.4. The number of aliphatic hydroxyl groups excluding tert-OH is 1. The Bertz CT molecular complexity index is 1850. The molecule has 7 aliphatic rings. The fourth-order valence-corrected chi connectivity index (χ4v) is 15.1. The van der Waals surface area contributed by atoms with Gasteiger partial charge in [-0.2, -0.15) is 0 Å². The third-order valence-corrected chi connectivity index (χ3v) is 16.7. The van der Waals surface area contributed by atoms with Gasteiger partial charge in [0.1, 0.15) is 11.3 Å². The highest BCUT2D eigenvalue weighted by molar-refractivity contribution is 7.99. The van der Waals surface area contributed by atoms with Crippen LogP contribution in [0, 0.1) is 46.8 Å². The van der Waals surface area contributed by atoms with Crippen molar-refractivity contribution in [2.24, 2.45) is 39.9 Å². The van der Waals surface area contributed by atoms with E-state index in [-0.39, 0.29) is 35.2 Å². The Morgan fingerprint density at radius 1 is 0.894 bits per heavy atom. The van der Waals surface area contributed by atoms with Crippen LogP contribution in [0.2, 0.25) is 0 Å². The second-order valence-corrected chi connectivity index (χ2v) is 18.2. The smallest absolute Gasteiger partial charge is 0.189 e. The fourth-order valence-electron chi connectivity index (χ4n) is 13.8. The van der Waals surface area contributed by atoms with Crippen LogP contribution < -0.4 is 0 Å². The van der Waals surface area contributed by atoms with Gasteiger partial charge < -0.3 is 5.11 Å². The molecule has 11 atom stereocenters. The lowest BCUT2D eigenvalue weighted by molar-refractivity contribution is -0.146. The standard InChI is InChI=1S/C42H47NO3S/c1-24-10-12-26(13-11-24)36-34-22-47-23-43(34)42(32-9-5-7-25-6-4-8-30(35(25)32)37(42)45)41(36)21-33-29-15-14-27-20-28(44)16-18-39(27,2)31(29)17-19-40(33,3)38(41)46/h4-13,27-29,31,33-34,36,44H,14-23H2,1-3H3/t27-,28-,29+,31-,33-,34-,36-,39-,40-,41-,42-/m0/s1. The van der Waals surface area contributed by atoms with Crippen LogP contribution in [0.25, 0.3) is 10.8 Å². The molecule has 244 valence electrons. The fraction of sp³-hybridized carbons (Fsp3) is 0.571. The van der Waals surface area contributed by atoms with Gasteiger partial charge in [0.25, 0.3) is 0 Å². The number of fused-ring (bicyclic) bond motifs is 9. The van der Waals surface area contributed by atoms with Gasteiger partial charge in [-0.15, -0.1) is 11.8 Å². The van der Waals surface area contributed by atoms with Crippen LogP contribution in [-0.4, -0.2) is 45.3 Å². The zero-order valence-electron chi connectivity index (χ0n) is 28.0. The van der Waals surface area contributed by atoms with E-state index in [0.29, 0.717) is 23.5 Å². The van der Waals surface area contributed by atoms with Crippen molar-refractivity contribution in [2.45, 2.75) is 95.7 Å². The topological polar surface area (TPSA) is 57.6 Å². The number of Topliss-reactive ketones (excluding diaryl/α,β-unsaturated/α-hetero) is 2. The largest absolute Gasteiger partial charge is 0.393 e. The maximum Gasteiger partial charge on any atom is 0.189 e. The number of hydrogen-bond acceptors (Lipinski definition) is 5. The van der Waals surface area contributed by atoms with Gasteiger partial charge in [-0.25, -0.2) is 0 Å². The average molecular weight is 646 g/mol. The summed E-state index contributed by atoms with van der Waals surface area (Å²) in [6, 6.07) is 21.9. The van der Waals surface area contributed by atoms with Crippen molar-refractivity contribution in [1.82, 2.24) is 4.90 Å². The molecule has 2 spiro atoms. The van der Waals surface area contributed by atoms with Crippen LogP contribution in [-0.2, 0) is 10.3 Å². The van der Waals surface area contributed by atoms with Crippen molar-refractivity contribution in [3.05, 3.63) is 82.9 Å². The monoisotopic (exact) mass is 645 g/mol. The highest BCUT2D eigenvalue weighted by Gasteiger charge is 2.82. The molecule has 3 aromatic rings. The molecule has 10 rings (SSSR count). The summed E-state index contributed by atoms with van der Waals surface area (Å²) in [5.41, 5.74) is 2.36. The number of carbonyl (C=O) groups excluding carboxylic acids is 2. The molecule has 4 nitrogen and oxygen atoms in total. The second-order valence-electron chi connectivity index (χ2n) is 17.2. The molecule has 6 fully saturated rings. The van der Waals surface area contributed by atoms with E-state index in [1.54, 1.807) is 0 Å². The average Bonchev–Trinajstić information content (AvgIpc) is 3.77. The highest BCUT2D eigenvalue weighted by atomic mass is 32.2. The number of rotatable bonds is 1. The zero-order chi connectivity index (χ0) is 32.1. The summed E-state index contributed by atoms with van der Waals surface area (Å²) in [7, 11) is 0. The van der Waals surface area contributed by atoms with Gasteiger partial charge in [-0.1, -0.05) is 80.1 Å². The first kappa shape index (κ1) is 29.4. The Kier molecular flexibility index (Phi) is 6.02. The van der Waals surface area contributed by atoms with Gasteiger partial charge in [-0.3, -0.25) is 14.5 Å². The number of carbonyl (C=O) groups is 2. The van der Waals surface area contributed by atoms with Gasteiger partial charge in [0.05, 0.1) is 11.5 Å².